The van der Waals surface area contributed by atoms with Gasteiger partial charge in [-0.1, -0.05) is 43.7 Å². The molecule has 7 heteroatoms. The number of hydrogen-bond acceptors (Lipinski definition) is 5. The molecule has 3 rings (SSSR count). The van der Waals surface area contributed by atoms with Crippen LogP contribution >= 0.6 is 23.1 Å². The number of benzene rings is 1. The first kappa shape index (κ1) is 20.6. The van der Waals surface area contributed by atoms with E-state index in [9.17, 15) is 9.59 Å². The summed E-state index contributed by atoms with van der Waals surface area (Å²) in [5, 5.41) is 5.59. The molecule has 1 amide bonds. The van der Waals surface area contributed by atoms with E-state index in [0.29, 0.717) is 28.6 Å². The van der Waals surface area contributed by atoms with Gasteiger partial charge in [0.1, 0.15) is 10.7 Å². The highest BCUT2D eigenvalue weighted by Crippen LogP contribution is 2.31. The van der Waals surface area contributed by atoms with E-state index in [2.05, 4.69) is 29.1 Å². The Morgan fingerprint density at radius 2 is 1.96 bits per heavy atom. The summed E-state index contributed by atoms with van der Waals surface area (Å²) in [5.41, 5.74) is 2.98. The van der Waals surface area contributed by atoms with Crippen LogP contribution in [0.15, 0.2) is 34.4 Å². The highest BCUT2D eigenvalue weighted by atomic mass is 32.2. The third kappa shape index (κ3) is 4.83. The number of carbonyl (C=O) groups excluding carboxylic acids is 1. The quantitative estimate of drug-likeness (QED) is 0.601. The van der Waals surface area contributed by atoms with Gasteiger partial charge in [-0.25, -0.2) is 4.98 Å². The molecule has 1 aromatic carbocycles. The van der Waals surface area contributed by atoms with E-state index in [1.807, 2.05) is 43.5 Å². The van der Waals surface area contributed by atoms with Gasteiger partial charge in [0, 0.05) is 17.0 Å². The van der Waals surface area contributed by atoms with Gasteiger partial charge in [-0.05, 0) is 25.3 Å². The fourth-order valence-corrected chi connectivity index (χ4v) is 4.38. The third-order valence-electron chi connectivity index (χ3n) is 4.72. The van der Waals surface area contributed by atoms with Gasteiger partial charge < -0.3 is 10.3 Å². The molecule has 0 fully saturated rings. The first-order valence-electron chi connectivity index (χ1n) is 9.29. The predicted molar refractivity (Wildman–Crippen MR) is 119 cm³/mol. The Hall–Kier alpha value is -2.12. The minimum absolute atomic E-state index is 0.00686. The van der Waals surface area contributed by atoms with E-state index in [0.717, 1.165) is 16.0 Å². The predicted octanol–water partition coefficient (Wildman–Crippen LogP) is 4.35. The Morgan fingerprint density at radius 3 is 2.64 bits per heavy atom. The van der Waals surface area contributed by atoms with Crippen LogP contribution in [0.1, 0.15) is 32.2 Å². The molecule has 28 heavy (non-hydrogen) atoms. The van der Waals surface area contributed by atoms with Crippen LogP contribution in [0.5, 0.6) is 0 Å². The number of thiophene rings is 1. The number of amides is 1. The molecule has 0 unspecified atom stereocenters. The molecular weight excluding hydrogens is 390 g/mol. The van der Waals surface area contributed by atoms with E-state index in [4.69, 9.17) is 0 Å². The standard InChI is InChI=1S/C21H25N3O2S2/c1-12(2)14(4)22-18(25)11-27-10-17-23-20(26)19-16(9-28-21(19)24-17)15-7-5-13(3)6-8-15/h5-9,12,14H,10-11H2,1-4H3,(H,22,25)(H,23,24,26)/t14-/m0/s1. The molecule has 2 heterocycles. The average molecular weight is 416 g/mol. The maximum absolute atomic E-state index is 12.7. The first-order valence-corrected chi connectivity index (χ1v) is 11.3. The number of H-pyrrole nitrogens is 1. The molecular formula is C21H25N3O2S2. The molecule has 2 aromatic heterocycles. The van der Waals surface area contributed by atoms with Crippen LogP contribution in [0.25, 0.3) is 21.3 Å². The lowest BCUT2D eigenvalue weighted by Gasteiger charge is -2.17. The molecule has 2 N–H and O–H groups in total. The lowest BCUT2D eigenvalue weighted by Crippen LogP contribution is -2.37. The summed E-state index contributed by atoms with van der Waals surface area (Å²) in [5.74, 6) is 1.84. The second-order valence-corrected chi connectivity index (χ2v) is 9.14. The second kappa shape index (κ2) is 8.92. The van der Waals surface area contributed by atoms with Crippen LogP contribution in [-0.4, -0.2) is 27.7 Å². The number of carbonyl (C=O) groups is 1. The number of aromatic nitrogens is 2. The monoisotopic (exact) mass is 415 g/mol. The van der Waals surface area contributed by atoms with Gasteiger partial charge in [0.15, 0.2) is 0 Å². The topological polar surface area (TPSA) is 74.8 Å². The van der Waals surface area contributed by atoms with E-state index in [-0.39, 0.29) is 17.5 Å². The second-order valence-electron chi connectivity index (χ2n) is 7.30. The maximum atomic E-state index is 12.7. The van der Waals surface area contributed by atoms with Gasteiger partial charge in [0.05, 0.1) is 16.9 Å². The molecule has 0 aliphatic heterocycles. The van der Waals surface area contributed by atoms with Crippen LogP contribution in [0.3, 0.4) is 0 Å². The maximum Gasteiger partial charge on any atom is 0.260 e. The Kier molecular flexibility index (Phi) is 6.57. The van der Waals surface area contributed by atoms with Crippen LogP contribution < -0.4 is 10.9 Å². The summed E-state index contributed by atoms with van der Waals surface area (Å²) >= 11 is 2.92. The number of rotatable bonds is 7. The number of aryl methyl sites for hydroxylation is 1. The molecule has 5 nitrogen and oxygen atoms in total. The Morgan fingerprint density at radius 1 is 1.25 bits per heavy atom. The molecule has 0 radical (unpaired) electrons. The molecule has 148 valence electrons. The molecule has 0 saturated heterocycles. The number of nitrogens with one attached hydrogen (secondary N) is 2. The largest absolute Gasteiger partial charge is 0.353 e. The average Bonchev–Trinajstić information content (AvgIpc) is 3.06. The molecule has 0 spiro atoms. The summed E-state index contributed by atoms with van der Waals surface area (Å²) in [6.45, 7) is 8.20. The zero-order valence-corrected chi connectivity index (χ0v) is 18.2. The molecule has 0 saturated carbocycles. The van der Waals surface area contributed by atoms with Gasteiger partial charge >= 0.3 is 0 Å². The number of fused-ring (bicyclic) bond motifs is 1. The van der Waals surface area contributed by atoms with Gasteiger partial charge in [0.25, 0.3) is 5.56 Å². The van der Waals surface area contributed by atoms with E-state index < -0.39 is 0 Å². The van der Waals surface area contributed by atoms with Crippen LogP contribution in [0.2, 0.25) is 0 Å². The highest BCUT2D eigenvalue weighted by Gasteiger charge is 2.14. The summed E-state index contributed by atoms with van der Waals surface area (Å²) in [6, 6.07) is 8.27. The molecule has 1 atom stereocenters. The van der Waals surface area contributed by atoms with Crippen molar-refractivity contribution in [3.63, 3.8) is 0 Å². The summed E-state index contributed by atoms with van der Waals surface area (Å²) in [6.07, 6.45) is 0. The van der Waals surface area contributed by atoms with Crippen LogP contribution in [0.4, 0.5) is 0 Å². The van der Waals surface area contributed by atoms with Gasteiger partial charge in [-0.15, -0.1) is 23.1 Å². The normalized spacial score (nSPS) is 12.5. The van der Waals surface area contributed by atoms with Crippen molar-refractivity contribution in [2.45, 2.75) is 39.5 Å². The summed E-state index contributed by atoms with van der Waals surface area (Å²) < 4.78 is 0. The van der Waals surface area contributed by atoms with Crippen LogP contribution in [0, 0.1) is 12.8 Å². The van der Waals surface area contributed by atoms with Crippen molar-refractivity contribution in [2.75, 3.05) is 5.75 Å². The minimum atomic E-state index is -0.129. The Bertz CT molecular complexity index is 1020. The van der Waals surface area contributed by atoms with Crippen LogP contribution in [-0.2, 0) is 10.5 Å². The van der Waals surface area contributed by atoms with Crippen molar-refractivity contribution in [1.82, 2.24) is 15.3 Å². The van der Waals surface area contributed by atoms with Crippen molar-refractivity contribution in [2.24, 2.45) is 5.92 Å². The third-order valence-corrected chi connectivity index (χ3v) is 6.53. The minimum Gasteiger partial charge on any atom is -0.353 e. The van der Waals surface area contributed by atoms with Crippen molar-refractivity contribution in [1.29, 1.82) is 0 Å². The van der Waals surface area contributed by atoms with E-state index in [1.165, 1.54) is 28.7 Å². The fraction of sp³-hybridized carbons (Fsp3) is 0.381. The highest BCUT2D eigenvalue weighted by molar-refractivity contribution is 7.99. The number of aromatic amines is 1. The van der Waals surface area contributed by atoms with Crippen molar-refractivity contribution in [3.8, 4) is 11.1 Å². The van der Waals surface area contributed by atoms with E-state index in [1.54, 1.807) is 0 Å². The fourth-order valence-electron chi connectivity index (χ4n) is 2.71. The number of nitrogens with zero attached hydrogens (tertiary/aromatic N) is 1. The number of hydrogen-bond donors (Lipinski definition) is 2. The Balaban J connectivity index is 1.70. The number of thioether (sulfide) groups is 1. The van der Waals surface area contributed by atoms with Gasteiger partial charge in [-0.2, -0.15) is 0 Å². The lowest BCUT2D eigenvalue weighted by molar-refractivity contribution is -0.119. The molecule has 3 aromatic rings. The summed E-state index contributed by atoms with van der Waals surface area (Å²) in [4.78, 5) is 32.9. The zero-order valence-electron chi connectivity index (χ0n) is 16.5. The van der Waals surface area contributed by atoms with Crippen molar-refractivity contribution >= 4 is 39.2 Å². The molecule has 0 aliphatic carbocycles. The molecule has 0 aliphatic rings. The van der Waals surface area contributed by atoms with E-state index >= 15 is 0 Å². The summed E-state index contributed by atoms with van der Waals surface area (Å²) in [7, 11) is 0. The lowest BCUT2D eigenvalue weighted by atomic mass is 10.1. The smallest absolute Gasteiger partial charge is 0.260 e. The van der Waals surface area contributed by atoms with Crippen molar-refractivity contribution in [3.05, 3.63) is 51.4 Å². The first-order chi connectivity index (χ1) is 13.3. The van der Waals surface area contributed by atoms with Crippen molar-refractivity contribution < 1.29 is 4.79 Å². The molecule has 0 bridgehead atoms. The Labute approximate surface area is 173 Å². The zero-order chi connectivity index (χ0) is 20.3. The van der Waals surface area contributed by atoms with Gasteiger partial charge in [0.2, 0.25) is 5.91 Å². The SMILES string of the molecule is Cc1ccc(-c2csc3nc(CSCC(=O)N[C@@H](C)C(C)C)[nH]c(=O)c23)cc1. The van der Waals surface area contributed by atoms with Gasteiger partial charge in [-0.3, -0.25) is 9.59 Å².